The maximum atomic E-state index is 11.6. The topological polar surface area (TPSA) is 194 Å². The van der Waals surface area contributed by atoms with Crippen molar-refractivity contribution in [3.05, 3.63) is 0 Å². The van der Waals surface area contributed by atoms with E-state index in [1.54, 1.807) is 0 Å². The smallest absolute Gasteiger partial charge is 0.335 e. The molecule has 0 aromatic rings. The van der Waals surface area contributed by atoms with Gasteiger partial charge < -0.3 is 45.2 Å². The molecule has 1 unspecified atom stereocenters. The van der Waals surface area contributed by atoms with Crippen LogP contribution in [0.1, 0.15) is 6.42 Å². The van der Waals surface area contributed by atoms with Gasteiger partial charge in [-0.2, -0.15) is 0 Å². The van der Waals surface area contributed by atoms with E-state index in [1.807, 2.05) is 0 Å². The van der Waals surface area contributed by atoms with Crippen LogP contribution in [0.2, 0.25) is 0 Å². The summed E-state index contributed by atoms with van der Waals surface area (Å²) in [5.41, 5.74) is -2.91. The summed E-state index contributed by atoms with van der Waals surface area (Å²) >= 11 is 0. The maximum Gasteiger partial charge on any atom is 0.335 e. The number of hydrogen-bond donors (Lipinski definition) is 7. The molecule has 148 valence electrons. The highest BCUT2D eigenvalue weighted by molar-refractivity contribution is 5.81. The Hall–Kier alpha value is -1.34. The number of aliphatic hydroxyl groups excluding tert-OH is 7. The lowest BCUT2D eigenvalue weighted by atomic mass is 9.92. The average Bonchev–Trinajstić information content (AvgIpc) is 2.64. The van der Waals surface area contributed by atoms with Gasteiger partial charge in [0, 0.05) is 0 Å². The van der Waals surface area contributed by atoms with Gasteiger partial charge in [0.05, 0.1) is 56.9 Å². The lowest BCUT2D eigenvalue weighted by Gasteiger charge is -2.27. The molecule has 0 bridgehead atoms. The molecule has 0 aromatic heterocycles. The molecular formula is C14H26O11. The van der Waals surface area contributed by atoms with Crippen LogP contribution in [0.5, 0.6) is 0 Å². The summed E-state index contributed by atoms with van der Waals surface area (Å²) in [6.45, 7) is -5.06. The van der Waals surface area contributed by atoms with Crippen LogP contribution in [0.25, 0.3) is 0 Å². The van der Waals surface area contributed by atoms with Gasteiger partial charge in [0.2, 0.25) is 0 Å². The summed E-state index contributed by atoms with van der Waals surface area (Å²) in [7, 11) is 0. The highest BCUT2D eigenvalue weighted by atomic mass is 16.6. The van der Waals surface area contributed by atoms with Crippen molar-refractivity contribution in [3.8, 4) is 0 Å². The van der Waals surface area contributed by atoms with E-state index in [0.29, 0.717) is 0 Å². The largest absolute Gasteiger partial charge is 0.465 e. The summed E-state index contributed by atoms with van der Waals surface area (Å²) in [4.78, 5) is 23.2. The zero-order valence-electron chi connectivity index (χ0n) is 13.7. The monoisotopic (exact) mass is 370 g/mol. The molecule has 25 heavy (non-hydrogen) atoms. The van der Waals surface area contributed by atoms with E-state index < -0.39 is 88.1 Å². The van der Waals surface area contributed by atoms with E-state index >= 15 is 0 Å². The van der Waals surface area contributed by atoms with Crippen LogP contribution in [0, 0.1) is 10.8 Å². The average molecular weight is 370 g/mol. The Labute approximate surface area is 144 Å². The van der Waals surface area contributed by atoms with Crippen LogP contribution in [0.4, 0.5) is 0 Å². The molecule has 1 atom stereocenters. The van der Waals surface area contributed by atoms with E-state index in [9.17, 15) is 14.7 Å². The first-order valence-corrected chi connectivity index (χ1v) is 7.43. The Morgan fingerprint density at radius 2 is 1.08 bits per heavy atom. The molecule has 0 radical (unpaired) electrons. The maximum absolute atomic E-state index is 11.6. The van der Waals surface area contributed by atoms with Crippen molar-refractivity contribution < 1.29 is 54.8 Å². The van der Waals surface area contributed by atoms with Gasteiger partial charge in [-0.25, -0.2) is 4.79 Å². The lowest BCUT2D eigenvalue weighted by molar-refractivity contribution is -0.167. The highest BCUT2D eigenvalue weighted by Gasteiger charge is 2.33. The standard InChI is InChI=1S/C14H26O11/c15-2-13(3-16,4-17)8-24-11(22)1-10(21)12(23)25-9-14(5-18,6-19)7-20/h10,15-21H,1-9H2. The fourth-order valence-electron chi connectivity index (χ4n) is 1.43. The van der Waals surface area contributed by atoms with Crippen LogP contribution < -0.4 is 0 Å². The third kappa shape index (κ3) is 7.20. The molecule has 0 saturated carbocycles. The van der Waals surface area contributed by atoms with Gasteiger partial charge in [-0.3, -0.25) is 4.79 Å². The molecule has 0 heterocycles. The minimum atomic E-state index is -1.90. The minimum absolute atomic E-state index is 0.528. The summed E-state index contributed by atoms with van der Waals surface area (Å²) in [5, 5.41) is 64.1. The fourth-order valence-corrected chi connectivity index (χ4v) is 1.43. The highest BCUT2D eigenvalue weighted by Crippen LogP contribution is 2.17. The second-order valence-corrected chi connectivity index (χ2v) is 5.94. The van der Waals surface area contributed by atoms with Gasteiger partial charge in [0.15, 0.2) is 6.10 Å². The Kier molecular flexibility index (Phi) is 10.7. The molecule has 11 heteroatoms. The summed E-state index contributed by atoms with van der Waals surface area (Å²) in [6.07, 6.45) is -2.69. The van der Waals surface area contributed by atoms with Gasteiger partial charge in [0.25, 0.3) is 0 Å². The van der Waals surface area contributed by atoms with Crippen LogP contribution in [-0.4, -0.2) is 107 Å². The molecule has 0 saturated heterocycles. The van der Waals surface area contributed by atoms with Gasteiger partial charge in [0.1, 0.15) is 13.2 Å². The first-order chi connectivity index (χ1) is 11.8. The van der Waals surface area contributed by atoms with Gasteiger partial charge in [-0.15, -0.1) is 0 Å². The van der Waals surface area contributed by atoms with Gasteiger partial charge in [-0.05, 0) is 0 Å². The van der Waals surface area contributed by atoms with E-state index in [0.717, 1.165) is 0 Å². The number of carbonyl (C=O) groups excluding carboxylic acids is 2. The minimum Gasteiger partial charge on any atom is -0.465 e. The molecule has 0 spiro atoms. The fraction of sp³-hybridized carbons (Fsp3) is 0.857. The van der Waals surface area contributed by atoms with E-state index in [2.05, 4.69) is 4.74 Å². The zero-order chi connectivity index (χ0) is 19.5. The second-order valence-electron chi connectivity index (χ2n) is 5.94. The number of aliphatic hydroxyl groups is 7. The Morgan fingerprint density at radius 3 is 1.44 bits per heavy atom. The van der Waals surface area contributed by atoms with Gasteiger partial charge in [-0.1, -0.05) is 0 Å². The van der Waals surface area contributed by atoms with Crippen molar-refractivity contribution in [2.24, 2.45) is 10.8 Å². The Balaban J connectivity index is 4.45. The summed E-state index contributed by atoms with van der Waals surface area (Å²) in [6, 6.07) is 0. The van der Waals surface area contributed by atoms with E-state index in [1.165, 1.54) is 0 Å². The summed E-state index contributed by atoms with van der Waals surface area (Å²) < 4.78 is 9.36. The van der Waals surface area contributed by atoms with Crippen molar-refractivity contribution in [1.82, 2.24) is 0 Å². The number of hydrogen-bond acceptors (Lipinski definition) is 11. The molecular weight excluding hydrogens is 344 g/mol. The SMILES string of the molecule is O=C(CC(O)C(=O)OCC(CO)(CO)CO)OCC(CO)(CO)CO. The predicted molar refractivity (Wildman–Crippen MR) is 79.9 cm³/mol. The number of esters is 2. The van der Waals surface area contributed by atoms with Crippen LogP contribution in [0.3, 0.4) is 0 Å². The third-order valence-corrected chi connectivity index (χ3v) is 3.70. The molecule has 0 aliphatic carbocycles. The van der Waals surface area contributed by atoms with Crippen LogP contribution in [-0.2, 0) is 19.1 Å². The summed E-state index contributed by atoms with van der Waals surface area (Å²) in [5.74, 6) is -2.27. The predicted octanol–water partition coefficient (Wildman–Crippen LogP) is -4.25. The van der Waals surface area contributed by atoms with Crippen molar-refractivity contribution >= 4 is 11.9 Å². The first kappa shape index (κ1) is 23.7. The number of carbonyl (C=O) groups is 2. The Morgan fingerprint density at radius 1 is 0.720 bits per heavy atom. The molecule has 11 nitrogen and oxygen atoms in total. The van der Waals surface area contributed by atoms with Crippen molar-refractivity contribution in [2.75, 3.05) is 52.9 Å². The van der Waals surface area contributed by atoms with Crippen molar-refractivity contribution in [2.45, 2.75) is 12.5 Å². The van der Waals surface area contributed by atoms with Crippen LogP contribution >= 0.6 is 0 Å². The number of ether oxygens (including phenoxy) is 2. The normalized spacial score (nSPS) is 13.4. The van der Waals surface area contributed by atoms with E-state index in [4.69, 9.17) is 35.4 Å². The third-order valence-electron chi connectivity index (χ3n) is 3.70. The van der Waals surface area contributed by atoms with Crippen molar-refractivity contribution in [1.29, 1.82) is 0 Å². The Bertz CT molecular complexity index is 387. The number of rotatable bonds is 13. The quantitative estimate of drug-likeness (QED) is 0.155. The first-order valence-electron chi connectivity index (χ1n) is 7.43. The van der Waals surface area contributed by atoms with E-state index in [-0.39, 0.29) is 0 Å². The molecule has 7 N–H and O–H groups in total. The molecule has 0 fully saturated rings. The lowest BCUT2D eigenvalue weighted by Crippen LogP contribution is -2.41. The molecule has 0 aliphatic heterocycles. The molecule has 0 amide bonds. The molecule has 0 aromatic carbocycles. The van der Waals surface area contributed by atoms with Gasteiger partial charge >= 0.3 is 11.9 Å². The molecule has 0 rings (SSSR count). The van der Waals surface area contributed by atoms with Crippen molar-refractivity contribution in [3.63, 3.8) is 0 Å². The zero-order valence-corrected chi connectivity index (χ0v) is 13.7. The molecule has 0 aliphatic rings. The van der Waals surface area contributed by atoms with Crippen LogP contribution in [0.15, 0.2) is 0 Å². The second kappa shape index (κ2) is 11.3.